The highest BCUT2D eigenvalue weighted by Crippen LogP contribution is 2.29. The van der Waals surface area contributed by atoms with Crippen molar-refractivity contribution in [3.63, 3.8) is 0 Å². The van der Waals surface area contributed by atoms with Gasteiger partial charge < -0.3 is 0 Å². The number of carbonyl (C=O) groups excluding carboxylic acids is 2. The quantitative estimate of drug-likeness (QED) is 0.302. The largest absolute Gasteiger partial charge is 0.298 e. The van der Waals surface area contributed by atoms with Gasteiger partial charge in [0, 0.05) is 18.7 Å². The van der Waals surface area contributed by atoms with Gasteiger partial charge in [0.25, 0.3) is 11.8 Å². The average Bonchev–Trinajstić information content (AvgIpc) is 3.44. The number of carbonyl (C=O) groups is 2. The minimum atomic E-state index is -3.37. The van der Waals surface area contributed by atoms with Gasteiger partial charge >= 0.3 is 0 Å². The van der Waals surface area contributed by atoms with Gasteiger partial charge in [-0.3, -0.25) is 25.2 Å². The zero-order valence-electron chi connectivity index (χ0n) is 19.6. The summed E-state index contributed by atoms with van der Waals surface area (Å²) >= 11 is 2.26. The number of sulfone groups is 2. The van der Waals surface area contributed by atoms with E-state index in [1.165, 1.54) is 42.6 Å². The third kappa shape index (κ3) is 5.40. The van der Waals surface area contributed by atoms with E-state index < -0.39 is 31.5 Å². The molecule has 0 aliphatic carbocycles. The summed E-state index contributed by atoms with van der Waals surface area (Å²) in [6, 6.07) is 11.9. The number of nitrogens with one attached hydrogen (secondary N) is 2. The fourth-order valence-electron chi connectivity index (χ4n) is 3.37. The Morgan fingerprint density at radius 3 is 1.66 bits per heavy atom. The molecule has 2 N–H and O–H groups in total. The summed E-state index contributed by atoms with van der Waals surface area (Å²) in [7, 11) is -6.74. The molecule has 2 aromatic carbocycles. The Hall–Kier alpha value is -3.79. The molecule has 11 nitrogen and oxygen atoms in total. The van der Waals surface area contributed by atoms with Crippen molar-refractivity contribution >= 4 is 84.9 Å². The second kappa shape index (κ2) is 9.50. The third-order valence-electron chi connectivity index (χ3n) is 5.28. The van der Waals surface area contributed by atoms with Crippen LogP contribution in [0.2, 0.25) is 0 Å². The summed E-state index contributed by atoms with van der Waals surface area (Å²) in [6.07, 6.45) is 3.48. The number of rotatable bonds is 6. The van der Waals surface area contributed by atoms with Crippen LogP contribution >= 0.6 is 22.7 Å². The second-order valence-electron chi connectivity index (χ2n) is 8.18. The number of nitrogens with zero attached hydrogens (tertiary/aromatic N) is 3. The molecule has 0 fully saturated rings. The maximum atomic E-state index is 12.7. The van der Waals surface area contributed by atoms with E-state index in [-0.39, 0.29) is 31.3 Å². The van der Waals surface area contributed by atoms with Crippen molar-refractivity contribution in [2.75, 3.05) is 23.1 Å². The molecule has 0 saturated carbocycles. The summed E-state index contributed by atoms with van der Waals surface area (Å²) in [4.78, 5) is 38.3. The van der Waals surface area contributed by atoms with Gasteiger partial charge in [0.1, 0.15) is 5.69 Å². The van der Waals surface area contributed by atoms with Gasteiger partial charge in [-0.25, -0.2) is 26.8 Å². The maximum Gasteiger partial charge on any atom is 0.276 e. The summed E-state index contributed by atoms with van der Waals surface area (Å²) < 4.78 is 48.3. The van der Waals surface area contributed by atoms with Crippen LogP contribution in [0.25, 0.3) is 20.4 Å². The lowest BCUT2D eigenvalue weighted by molar-refractivity contribution is 0.101. The lowest BCUT2D eigenvalue weighted by Crippen LogP contribution is -2.16. The van der Waals surface area contributed by atoms with Crippen molar-refractivity contribution in [1.29, 1.82) is 0 Å². The molecule has 0 atom stereocenters. The Balaban J connectivity index is 1.27. The first-order chi connectivity index (χ1) is 17.9. The Morgan fingerprint density at radius 1 is 0.711 bits per heavy atom. The van der Waals surface area contributed by atoms with Crippen LogP contribution in [-0.2, 0) is 19.7 Å². The normalized spacial score (nSPS) is 12.1. The van der Waals surface area contributed by atoms with Crippen molar-refractivity contribution in [3.8, 4) is 0 Å². The van der Waals surface area contributed by atoms with Gasteiger partial charge in [-0.15, -0.1) is 0 Å². The monoisotopic (exact) mass is 587 g/mol. The highest BCUT2D eigenvalue weighted by Gasteiger charge is 2.16. The maximum absolute atomic E-state index is 12.7. The van der Waals surface area contributed by atoms with Gasteiger partial charge in [-0.2, -0.15) is 0 Å². The van der Waals surface area contributed by atoms with Crippen LogP contribution in [0.5, 0.6) is 0 Å². The third-order valence-corrected chi connectivity index (χ3v) is 9.36. The topological polar surface area (TPSA) is 165 Å². The van der Waals surface area contributed by atoms with Crippen LogP contribution in [0.4, 0.5) is 10.3 Å². The summed E-state index contributed by atoms with van der Waals surface area (Å²) in [5.41, 5.74) is 1.32. The molecule has 5 rings (SSSR count). The predicted octanol–water partition coefficient (Wildman–Crippen LogP) is 3.61. The highest BCUT2D eigenvalue weighted by atomic mass is 32.2. The van der Waals surface area contributed by atoms with Gasteiger partial charge in [0.2, 0.25) is 0 Å². The van der Waals surface area contributed by atoms with Crippen LogP contribution in [0, 0.1) is 0 Å². The number of benzene rings is 2. The van der Waals surface area contributed by atoms with E-state index in [0.29, 0.717) is 20.4 Å². The number of aromatic nitrogens is 3. The molecule has 5 aromatic rings. The number of hydrogen-bond acceptors (Lipinski definition) is 11. The van der Waals surface area contributed by atoms with Crippen LogP contribution in [0.15, 0.2) is 64.5 Å². The standard InChI is InChI=1S/C23H17N5O6S4/c1-37(31,32)13-4-7-15-18(9-13)35-22(25-15)27-20(29)12-3-6-17(24-11-12)21(30)28-23-26-16-8-5-14(38(2,33)34)10-19(16)36-23/h3-11H,1-2H3,(H,25,27,29)(H,26,28,30). The van der Waals surface area contributed by atoms with Gasteiger partial charge in [-0.1, -0.05) is 22.7 Å². The number of amides is 2. The molecule has 0 radical (unpaired) electrons. The molecule has 0 spiro atoms. The second-order valence-corrected chi connectivity index (χ2v) is 14.3. The Morgan fingerprint density at radius 2 is 1.21 bits per heavy atom. The van der Waals surface area contributed by atoms with E-state index in [1.807, 2.05) is 0 Å². The first-order valence-corrected chi connectivity index (χ1v) is 16.1. The fraction of sp³-hybridized carbons (Fsp3) is 0.0870. The molecule has 3 aromatic heterocycles. The zero-order chi connectivity index (χ0) is 27.2. The fourth-order valence-corrected chi connectivity index (χ4v) is 6.61. The SMILES string of the molecule is CS(=O)(=O)c1ccc2nc(NC(=O)c3ccc(C(=O)Nc4nc5ccc(S(C)(=O)=O)cc5s4)nc3)sc2c1. The van der Waals surface area contributed by atoms with E-state index in [4.69, 9.17) is 0 Å². The van der Waals surface area contributed by atoms with Gasteiger partial charge in [0.05, 0.1) is 35.8 Å². The van der Waals surface area contributed by atoms with Crippen LogP contribution in [-0.4, -0.2) is 56.1 Å². The number of anilines is 2. The van der Waals surface area contributed by atoms with Crippen molar-refractivity contribution < 1.29 is 26.4 Å². The molecule has 2 amide bonds. The van der Waals surface area contributed by atoms with Crippen molar-refractivity contribution in [1.82, 2.24) is 15.0 Å². The number of pyridine rings is 1. The molecular weight excluding hydrogens is 571 g/mol. The molecule has 0 aliphatic rings. The van der Waals surface area contributed by atoms with Gasteiger partial charge in [0.15, 0.2) is 29.9 Å². The van der Waals surface area contributed by atoms with Crippen LogP contribution in [0.3, 0.4) is 0 Å². The molecular formula is C23H17N5O6S4. The molecule has 194 valence electrons. The summed E-state index contributed by atoms with van der Waals surface area (Å²) in [6.45, 7) is 0. The minimum absolute atomic E-state index is 0.0472. The van der Waals surface area contributed by atoms with E-state index in [0.717, 1.165) is 35.2 Å². The minimum Gasteiger partial charge on any atom is -0.298 e. The van der Waals surface area contributed by atoms with E-state index >= 15 is 0 Å². The molecule has 0 saturated heterocycles. The molecule has 0 unspecified atom stereocenters. The zero-order valence-corrected chi connectivity index (χ0v) is 22.9. The van der Waals surface area contributed by atoms with E-state index in [2.05, 4.69) is 25.6 Å². The molecule has 0 bridgehead atoms. The molecule has 15 heteroatoms. The summed E-state index contributed by atoms with van der Waals surface area (Å²) in [5.74, 6) is -1.05. The average molecular weight is 588 g/mol. The lowest BCUT2D eigenvalue weighted by Gasteiger charge is -2.03. The molecule has 3 heterocycles. The summed E-state index contributed by atoms with van der Waals surface area (Å²) in [5, 5.41) is 5.84. The first kappa shape index (κ1) is 25.8. The number of thiazole rings is 2. The Kier molecular flexibility index (Phi) is 6.46. The van der Waals surface area contributed by atoms with Crippen molar-refractivity contribution in [3.05, 3.63) is 66.0 Å². The van der Waals surface area contributed by atoms with Crippen LogP contribution in [0.1, 0.15) is 20.8 Å². The first-order valence-electron chi connectivity index (χ1n) is 10.7. The van der Waals surface area contributed by atoms with E-state index in [1.54, 1.807) is 12.1 Å². The van der Waals surface area contributed by atoms with Crippen LogP contribution < -0.4 is 10.6 Å². The van der Waals surface area contributed by atoms with Crippen molar-refractivity contribution in [2.45, 2.75) is 9.79 Å². The molecule has 0 aliphatic heterocycles. The Bertz CT molecular complexity index is 1820. The predicted molar refractivity (Wildman–Crippen MR) is 146 cm³/mol. The smallest absolute Gasteiger partial charge is 0.276 e. The number of fused-ring (bicyclic) bond motifs is 2. The van der Waals surface area contributed by atoms with Gasteiger partial charge in [-0.05, 0) is 48.5 Å². The van der Waals surface area contributed by atoms with E-state index in [9.17, 15) is 26.4 Å². The lowest BCUT2D eigenvalue weighted by atomic mass is 10.2. The highest BCUT2D eigenvalue weighted by molar-refractivity contribution is 7.91. The van der Waals surface area contributed by atoms with Crippen molar-refractivity contribution in [2.24, 2.45) is 0 Å². The number of hydrogen-bond donors (Lipinski definition) is 2. The Labute approximate surface area is 224 Å². The molecule has 38 heavy (non-hydrogen) atoms.